The lowest BCUT2D eigenvalue weighted by Crippen LogP contribution is -2.40. The van der Waals surface area contributed by atoms with E-state index in [0.29, 0.717) is 19.5 Å². The molecule has 0 unspecified atom stereocenters. The van der Waals surface area contributed by atoms with E-state index in [4.69, 9.17) is 4.74 Å². The van der Waals surface area contributed by atoms with Crippen LogP contribution in [-0.2, 0) is 16.0 Å². The molecule has 0 fully saturated rings. The summed E-state index contributed by atoms with van der Waals surface area (Å²) in [5.41, 5.74) is 1.06. The molecule has 5 nitrogen and oxygen atoms in total. The molecule has 1 aromatic carbocycles. The number of ether oxygens (including phenoxy) is 1. The minimum Gasteiger partial charge on any atom is -0.496 e. The zero-order chi connectivity index (χ0) is 17.1. The number of amides is 2. The van der Waals surface area contributed by atoms with Gasteiger partial charge >= 0.3 is 0 Å². The third-order valence-corrected chi connectivity index (χ3v) is 3.72. The first-order chi connectivity index (χ1) is 11.1. The summed E-state index contributed by atoms with van der Waals surface area (Å²) in [6.45, 7) is 4.92. The Morgan fingerprint density at radius 1 is 1.22 bits per heavy atom. The Labute approximate surface area is 139 Å². The van der Waals surface area contributed by atoms with Crippen molar-refractivity contribution >= 4 is 11.8 Å². The molecule has 0 aliphatic heterocycles. The normalized spacial score (nSPS) is 10.2. The Morgan fingerprint density at radius 2 is 1.96 bits per heavy atom. The van der Waals surface area contributed by atoms with Gasteiger partial charge in [0.2, 0.25) is 11.8 Å². The highest BCUT2D eigenvalue weighted by Crippen LogP contribution is 2.17. The van der Waals surface area contributed by atoms with Gasteiger partial charge in [-0.1, -0.05) is 38.0 Å². The molecule has 1 aromatic rings. The van der Waals surface area contributed by atoms with Crippen LogP contribution in [0.3, 0.4) is 0 Å². The maximum absolute atomic E-state index is 12.0. The van der Waals surface area contributed by atoms with Gasteiger partial charge in [-0.2, -0.15) is 0 Å². The summed E-state index contributed by atoms with van der Waals surface area (Å²) >= 11 is 0. The van der Waals surface area contributed by atoms with Crippen LogP contribution in [0.15, 0.2) is 24.3 Å². The van der Waals surface area contributed by atoms with Crippen molar-refractivity contribution in [1.82, 2.24) is 10.2 Å². The number of nitrogens with one attached hydrogen (secondary N) is 1. The van der Waals surface area contributed by atoms with Crippen LogP contribution in [0.2, 0.25) is 0 Å². The number of carbonyl (C=O) groups is 2. The maximum Gasteiger partial charge on any atom is 0.239 e. The van der Waals surface area contributed by atoms with Crippen LogP contribution in [0.1, 0.15) is 38.7 Å². The monoisotopic (exact) mass is 320 g/mol. The van der Waals surface area contributed by atoms with Gasteiger partial charge in [0.05, 0.1) is 13.7 Å². The Bertz CT molecular complexity index is 503. The number of para-hydroxylation sites is 1. The summed E-state index contributed by atoms with van der Waals surface area (Å²) in [4.78, 5) is 25.2. The Hall–Kier alpha value is -2.04. The summed E-state index contributed by atoms with van der Waals surface area (Å²) in [6, 6.07) is 7.76. The predicted molar refractivity (Wildman–Crippen MR) is 91.5 cm³/mol. The molecule has 23 heavy (non-hydrogen) atoms. The lowest BCUT2D eigenvalue weighted by atomic mass is 10.1. The van der Waals surface area contributed by atoms with E-state index in [1.807, 2.05) is 24.3 Å². The lowest BCUT2D eigenvalue weighted by molar-refractivity contribution is -0.134. The van der Waals surface area contributed by atoms with Gasteiger partial charge in [0.25, 0.3) is 0 Å². The number of carbonyl (C=O) groups excluding carboxylic acids is 2. The van der Waals surface area contributed by atoms with E-state index < -0.39 is 0 Å². The maximum atomic E-state index is 12.0. The number of benzene rings is 1. The molecule has 0 spiro atoms. The zero-order valence-electron chi connectivity index (χ0n) is 14.4. The number of unbranched alkanes of at least 4 members (excludes halogenated alkanes) is 2. The average molecular weight is 320 g/mol. The Morgan fingerprint density at radius 3 is 2.61 bits per heavy atom. The first-order valence-electron chi connectivity index (χ1n) is 8.22. The van der Waals surface area contributed by atoms with Crippen LogP contribution in [0.4, 0.5) is 0 Å². The van der Waals surface area contributed by atoms with E-state index in [1.165, 1.54) is 6.92 Å². The van der Waals surface area contributed by atoms with Gasteiger partial charge in [-0.15, -0.1) is 0 Å². The van der Waals surface area contributed by atoms with Gasteiger partial charge in [-0.05, 0) is 24.5 Å². The van der Waals surface area contributed by atoms with Crippen molar-refractivity contribution in [3.63, 3.8) is 0 Å². The number of hydrogen-bond donors (Lipinski definition) is 1. The van der Waals surface area contributed by atoms with E-state index in [0.717, 1.165) is 30.6 Å². The van der Waals surface area contributed by atoms with Crippen molar-refractivity contribution in [3.05, 3.63) is 29.8 Å². The largest absolute Gasteiger partial charge is 0.496 e. The molecule has 1 rings (SSSR count). The molecule has 0 saturated heterocycles. The molecule has 0 aliphatic carbocycles. The van der Waals surface area contributed by atoms with Crippen molar-refractivity contribution in [2.45, 2.75) is 39.5 Å². The molecule has 0 heterocycles. The van der Waals surface area contributed by atoms with Crippen LogP contribution in [0.5, 0.6) is 5.75 Å². The molecule has 2 amide bonds. The highest BCUT2D eigenvalue weighted by Gasteiger charge is 2.13. The SMILES string of the molecule is CCCCCN(CC(=O)NCCc1ccccc1OC)C(C)=O. The standard InChI is InChI=1S/C18H28N2O3/c1-4-5-8-13-20(15(2)21)14-18(22)19-12-11-16-9-6-7-10-17(16)23-3/h6-7,9-10H,4-5,8,11-14H2,1-3H3,(H,19,22). The number of hydrogen-bond acceptors (Lipinski definition) is 3. The fourth-order valence-electron chi connectivity index (χ4n) is 2.38. The molecule has 0 aromatic heterocycles. The van der Waals surface area contributed by atoms with Gasteiger partial charge in [-0.25, -0.2) is 0 Å². The van der Waals surface area contributed by atoms with Gasteiger partial charge in [0.1, 0.15) is 5.75 Å². The number of methoxy groups -OCH3 is 1. The Balaban J connectivity index is 2.38. The molecule has 5 heteroatoms. The first kappa shape index (κ1) is 19.0. The third-order valence-electron chi connectivity index (χ3n) is 3.72. The predicted octanol–water partition coefficient (Wildman–Crippen LogP) is 2.39. The summed E-state index contributed by atoms with van der Waals surface area (Å²) in [5.74, 6) is 0.652. The van der Waals surface area contributed by atoms with Gasteiger partial charge < -0.3 is 15.0 Å². The molecule has 0 bridgehead atoms. The van der Waals surface area contributed by atoms with Crippen LogP contribution in [-0.4, -0.2) is 43.5 Å². The molecule has 0 aliphatic rings. The summed E-state index contributed by atoms with van der Waals surface area (Å²) in [7, 11) is 1.64. The second kappa shape index (κ2) is 10.6. The van der Waals surface area contributed by atoms with Crippen molar-refractivity contribution in [2.75, 3.05) is 26.7 Å². The minimum atomic E-state index is -0.119. The fourth-order valence-corrected chi connectivity index (χ4v) is 2.38. The van der Waals surface area contributed by atoms with Crippen molar-refractivity contribution in [3.8, 4) is 5.75 Å². The van der Waals surface area contributed by atoms with Gasteiger partial charge in [0.15, 0.2) is 0 Å². The molecular weight excluding hydrogens is 292 g/mol. The molecule has 0 saturated carbocycles. The highest BCUT2D eigenvalue weighted by atomic mass is 16.5. The van der Waals surface area contributed by atoms with E-state index >= 15 is 0 Å². The summed E-state index contributed by atoms with van der Waals surface area (Å²) in [6.07, 6.45) is 3.80. The van der Waals surface area contributed by atoms with E-state index in [2.05, 4.69) is 12.2 Å². The summed E-state index contributed by atoms with van der Waals surface area (Å²) < 4.78 is 5.29. The second-order valence-corrected chi connectivity index (χ2v) is 5.56. The molecule has 0 atom stereocenters. The topological polar surface area (TPSA) is 58.6 Å². The van der Waals surface area contributed by atoms with Crippen molar-refractivity contribution in [2.24, 2.45) is 0 Å². The van der Waals surface area contributed by atoms with Crippen LogP contribution < -0.4 is 10.1 Å². The smallest absolute Gasteiger partial charge is 0.239 e. The van der Waals surface area contributed by atoms with E-state index in [1.54, 1.807) is 12.0 Å². The lowest BCUT2D eigenvalue weighted by Gasteiger charge is -2.20. The first-order valence-corrected chi connectivity index (χ1v) is 8.22. The fraction of sp³-hybridized carbons (Fsp3) is 0.556. The van der Waals surface area contributed by atoms with Gasteiger partial charge in [0, 0.05) is 20.0 Å². The average Bonchev–Trinajstić information content (AvgIpc) is 2.54. The quantitative estimate of drug-likeness (QED) is 0.674. The third kappa shape index (κ3) is 7.17. The minimum absolute atomic E-state index is 0.0546. The number of rotatable bonds is 10. The van der Waals surface area contributed by atoms with E-state index in [9.17, 15) is 9.59 Å². The zero-order valence-corrected chi connectivity index (χ0v) is 14.4. The Kier molecular flexibility index (Phi) is 8.80. The molecule has 0 radical (unpaired) electrons. The van der Waals surface area contributed by atoms with E-state index in [-0.39, 0.29) is 18.4 Å². The van der Waals surface area contributed by atoms with Crippen LogP contribution >= 0.6 is 0 Å². The van der Waals surface area contributed by atoms with Crippen molar-refractivity contribution in [1.29, 1.82) is 0 Å². The van der Waals surface area contributed by atoms with Crippen LogP contribution in [0.25, 0.3) is 0 Å². The summed E-state index contributed by atoms with van der Waals surface area (Å²) in [5, 5.41) is 2.87. The van der Waals surface area contributed by atoms with Crippen LogP contribution in [0, 0.1) is 0 Å². The van der Waals surface area contributed by atoms with Gasteiger partial charge in [-0.3, -0.25) is 9.59 Å². The number of nitrogens with zero attached hydrogens (tertiary/aromatic N) is 1. The molecular formula is C18H28N2O3. The molecule has 1 N–H and O–H groups in total. The van der Waals surface area contributed by atoms with Crippen molar-refractivity contribution < 1.29 is 14.3 Å². The highest BCUT2D eigenvalue weighted by molar-refractivity contribution is 5.83. The second-order valence-electron chi connectivity index (χ2n) is 5.56. The molecule has 128 valence electrons.